The number of hydrogen-bond donors (Lipinski definition) is 2. The first-order chi connectivity index (χ1) is 12.8. The Kier molecular flexibility index (Phi) is 6.65. The second kappa shape index (κ2) is 8.93. The Labute approximate surface area is 156 Å². The van der Waals surface area contributed by atoms with E-state index >= 15 is 0 Å². The summed E-state index contributed by atoms with van der Waals surface area (Å²) in [5.74, 6) is -1.51. The van der Waals surface area contributed by atoms with Gasteiger partial charge in [-0.15, -0.1) is 0 Å². The minimum Gasteiger partial charge on any atom is -0.452 e. The van der Waals surface area contributed by atoms with Crippen LogP contribution in [0.3, 0.4) is 0 Å². The number of anilines is 1. The fourth-order valence-electron chi connectivity index (χ4n) is 2.04. The molecule has 2 rings (SSSR count). The maximum Gasteiger partial charge on any atom is 0.321 e. The first-order valence-corrected chi connectivity index (χ1v) is 9.35. The number of nitrogens with zero attached hydrogens (tertiary/aromatic N) is 1. The first-order valence-electron chi connectivity index (χ1n) is 7.87. The van der Waals surface area contributed by atoms with Crippen LogP contribution in [0.15, 0.2) is 59.5 Å². The number of esters is 1. The predicted molar refractivity (Wildman–Crippen MR) is 97.0 cm³/mol. The van der Waals surface area contributed by atoms with E-state index in [0.29, 0.717) is 11.3 Å². The predicted octanol–water partition coefficient (Wildman–Crippen LogP) is 1.41. The third-order valence-electron chi connectivity index (χ3n) is 3.40. The lowest BCUT2D eigenvalue weighted by atomic mass is 10.2. The number of nitriles is 1. The van der Waals surface area contributed by atoms with E-state index in [2.05, 4.69) is 10.0 Å². The van der Waals surface area contributed by atoms with E-state index in [1.807, 2.05) is 6.07 Å². The van der Waals surface area contributed by atoms with E-state index in [9.17, 15) is 18.0 Å². The summed E-state index contributed by atoms with van der Waals surface area (Å²) in [6.07, 6.45) is -1.15. The topological polar surface area (TPSA) is 125 Å². The van der Waals surface area contributed by atoms with Crippen molar-refractivity contribution in [2.24, 2.45) is 0 Å². The van der Waals surface area contributed by atoms with E-state index in [-0.39, 0.29) is 4.90 Å². The van der Waals surface area contributed by atoms with Gasteiger partial charge in [0.25, 0.3) is 5.91 Å². The maximum atomic E-state index is 12.1. The molecule has 2 aromatic carbocycles. The van der Waals surface area contributed by atoms with Crippen LogP contribution in [0.1, 0.15) is 12.5 Å². The minimum atomic E-state index is -3.85. The van der Waals surface area contributed by atoms with Crippen LogP contribution in [0.25, 0.3) is 0 Å². The van der Waals surface area contributed by atoms with Crippen LogP contribution < -0.4 is 10.0 Å². The summed E-state index contributed by atoms with van der Waals surface area (Å²) < 4.78 is 31.1. The molecule has 140 valence electrons. The van der Waals surface area contributed by atoms with Crippen LogP contribution >= 0.6 is 0 Å². The largest absolute Gasteiger partial charge is 0.452 e. The van der Waals surface area contributed by atoms with Gasteiger partial charge in [0.2, 0.25) is 10.0 Å². The monoisotopic (exact) mass is 387 g/mol. The van der Waals surface area contributed by atoms with Gasteiger partial charge in [-0.05, 0) is 37.3 Å². The van der Waals surface area contributed by atoms with Crippen molar-refractivity contribution in [3.63, 3.8) is 0 Å². The van der Waals surface area contributed by atoms with E-state index in [1.165, 1.54) is 25.1 Å². The number of carbonyl (C=O) groups is 2. The Morgan fingerprint density at radius 2 is 1.85 bits per heavy atom. The Morgan fingerprint density at radius 1 is 1.15 bits per heavy atom. The van der Waals surface area contributed by atoms with Crippen molar-refractivity contribution in [2.45, 2.75) is 17.9 Å². The fraction of sp³-hybridized carbons (Fsp3) is 0.167. The molecule has 0 aliphatic rings. The van der Waals surface area contributed by atoms with Gasteiger partial charge in [-0.2, -0.15) is 9.98 Å². The molecule has 0 saturated carbocycles. The molecule has 1 atom stereocenters. The zero-order valence-corrected chi connectivity index (χ0v) is 15.2. The lowest BCUT2D eigenvalue weighted by Crippen LogP contribution is -2.35. The van der Waals surface area contributed by atoms with E-state index in [0.717, 1.165) is 0 Å². The molecule has 0 aliphatic heterocycles. The van der Waals surface area contributed by atoms with Crippen molar-refractivity contribution in [1.29, 1.82) is 5.26 Å². The number of hydrogen-bond acceptors (Lipinski definition) is 6. The van der Waals surface area contributed by atoms with Gasteiger partial charge in [0.1, 0.15) is 6.54 Å². The number of rotatable bonds is 7. The van der Waals surface area contributed by atoms with Gasteiger partial charge in [0.05, 0.1) is 16.5 Å². The van der Waals surface area contributed by atoms with E-state index in [4.69, 9.17) is 10.00 Å². The van der Waals surface area contributed by atoms with Gasteiger partial charge in [-0.1, -0.05) is 24.3 Å². The Bertz CT molecular complexity index is 968. The lowest BCUT2D eigenvalue weighted by molar-refractivity contribution is -0.151. The molecule has 0 aromatic heterocycles. The van der Waals surface area contributed by atoms with Gasteiger partial charge in [0, 0.05) is 5.69 Å². The standard InChI is InChI=1S/C18H17N3O5S/c1-13(18(23)21-15-7-5-6-14(10-15)11-19)26-17(22)12-20-27(24,25)16-8-3-2-4-9-16/h2-10,13,20H,12H2,1H3,(H,21,23). The maximum absolute atomic E-state index is 12.1. The van der Waals surface area contributed by atoms with Gasteiger partial charge in [-0.3, -0.25) is 9.59 Å². The zero-order valence-electron chi connectivity index (χ0n) is 14.4. The highest BCUT2D eigenvalue weighted by molar-refractivity contribution is 7.89. The van der Waals surface area contributed by atoms with Crippen LogP contribution in [-0.2, 0) is 24.3 Å². The molecular weight excluding hydrogens is 370 g/mol. The van der Waals surface area contributed by atoms with Crippen molar-refractivity contribution in [1.82, 2.24) is 4.72 Å². The number of ether oxygens (including phenoxy) is 1. The van der Waals surface area contributed by atoms with Crippen LogP contribution in [0, 0.1) is 11.3 Å². The fourth-order valence-corrected chi connectivity index (χ4v) is 3.03. The summed E-state index contributed by atoms with van der Waals surface area (Å²) in [5.41, 5.74) is 0.750. The van der Waals surface area contributed by atoms with Gasteiger partial charge in [0.15, 0.2) is 6.10 Å². The normalized spacial score (nSPS) is 11.9. The van der Waals surface area contributed by atoms with Crippen LogP contribution in [0.5, 0.6) is 0 Å². The second-order valence-electron chi connectivity index (χ2n) is 5.45. The van der Waals surface area contributed by atoms with Crippen molar-refractivity contribution in [3.8, 4) is 6.07 Å². The Balaban J connectivity index is 1.87. The third-order valence-corrected chi connectivity index (χ3v) is 4.81. The van der Waals surface area contributed by atoms with Crippen LogP contribution in [0.4, 0.5) is 5.69 Å². The number of amides is 1. The van der Waals surface area contributed by atoms with Gasteiger partial charge < -0.3 is 10.1 Å². The first kappa shape index (κ1) is 20.1. The molecule has 9 heteroatoms. The molecule has 1 unspecified atom stereocenters. The summed E-state index contributed by atoms with van der Waals surface area (Å²) in [4.78, 5) is 23.9. The molecule has 2 aromatic rings. The van der Waals surface area contributed by atoms with Crippen LogP contribution in [0.2, 0.25) is 0 Å². The average molecular weight is 387 g/mol. The Hall–Kier alpha value is -3.22. The van der Waals surface area contributed by atoms with Crippen molar-refractivity contribution < 1.29 is 22.7 Å². The Morgan fingerprint density at radius 3 is 2.52 bits per heavy atom. The van der Waals surface area contributed by atoms with E-state index in [1.54, 1.807) is 36.4 Å². The highest BCUT2D eigenvalue weighted by Gasteiger charge is 2.20. The molecule has 0 saturated heterocycles. The van der Waals surface area contributed by atoms with Crippen molar-refractivity contribution in [2.75, 3.05) is 11.9 Å². The summed E-state index contributed by atoms with van der Waals surface area (Å²) in [6, 6.07) is 15.7. The smallest absolute Gasteiger partial charge is 0.321 e. The third kappa shape index (κ3) is 5.91. The molecule has 0 spiro atoms. The average Bonchev–Trinajstić information content (AvgIpc) is 2.67. The number of nitrogens with one attached hydrogen (secondary N) is 2. The van der Waals surface area contributed by atoms with Crippen molar-refractivity contribution >= 4 is 27.6 Å². The van der Waals surface area contributed by atoms with Crippen LogP contribution in [-0.4, -0.2) is 32.9 Å². The van der Waals surface area contributed by atoms with Gasteiger partial charge in [-0.25, -0.2) is 8.42 Å². The summed E-state index contributed by atoms with van der Waals surface area (Å²) >= 11 is 0. The summed E-state index contributed by atoms with van der Waals surface area (Å²) in [7, 11) is -3.85. The molecule has 2 N–H and O–H groups in total. The molecular formula is C18H17N3O5S. The van der Waals surface area contributed by atoms with Gasteiger partial charge >= 0.3 is 5.97 Å². The highest BCUT2D eigenvalue weighted by atomic mass is 32.2. The summed E-state index contributed by atoms with van der Waals surface area (Å²) in [5, 5.41) is 11.4. The molecule has 1 amide bonds. The molecule has 0 radical (unpaired) electrons. The SMILES string of the molecule is CC(OC(=O)CNS(=O)(=O)c1ccccc1)C(=O)Nc1cccc(C#N)c1. The minimum absolute atomic E-state index is 0.0148. The number of sulfonamides is 1. The molecule has 0 bridgehead atoms. The van der Waals surface area contributed by atoms with E-state index < -0.39 is 34.5 Å². The second-order valence-corrected chi connectivity index (χ2v) is 7.22. The molecule has 0 fully saturated rings. The molecule has 8 nitrogen and oxygen atoms in total. The zero-order chi connectivity index (χ0) is 19.9. The molecule has 27 heavy (non-hydrogen) atoms. The summed E-state index contributed by atoms with van der Waals surface area (Å²) in [6.45, 7) is 0.742. The quantitative estimate of drug-likeness (QED) is 0.692. The molecule has 0 aliphatic carbocycles. The van der Waals surface area contributed by atoms with Crippen molar-refractivity contribution in [3.05, 3.63) is 60.2 Å². The molecule has 0 heterocycles. The highest BCUT2D eigenvalue weighted by Crippen LogP contribution is 2.11. The lowest BCUT2D eigenvalue weighted by Gasteiger charge is -2.14. The number of benzene rings is 2. The number of carbonyl (C=O) groups excluding carboxylic acids is 2.